The molecule has 0 spiro atoms. The molecule has 1 aromatic heterocycles. The van der Waals surface area contributed by atoms with Gasteiger partial charge in [-0.3, -0.25) is 0 Å². The Morgan fingerprint density at radius 2 is 2.00 bits per heavy atom. The van der Waals surface area contributed by atoms with E-state index in [2.05, 4.69) is 24.1 Å². The largest absolute Gasteiger partial charge is 0.477 e. The number of anilines is 1. The lowest BCUT2D eigenvalue weighted by Crippen LogP contribution is -2.46. The Balaban J connectivity index is 1.98. The predicted octanol–water partition coefficient (Wildman–Crippen LogP) is 2.14. The van der Waals surface area contributed by atoms with Crippen LogP contribution in [0.15, 0.2) is 18.3 Å². The fourth-order valence-electron chi connectivity index (χ4n) is 2.14. The molecule has 2 atom stereocenters. The summed E-state index contributed by atoms with van der Waals surface area (Å²) in [7, 11) is 0. The lowest BCUT2D eigenvalue weighted by molar-refractivity contribution is 0.0690. The molecule has 2 rings (SSSR count). The molecule has 1 aliphatic heterocycles. The summed E-state index contributed by atoms with van der Waals surface area (Å²) >= 11 is 1.87. The van der Waals surface area contributed by atoms with Gasteiger partial charge in [0.2, 0.25) is 0 Å². The Kier molecular flexibility index (Phi) is 4.49. The second-order valence-corrected chi connectivity index (χ2v) is 6.71. The number of amides is 2. The molecule has 0 saturated carbocycles. The fraction of sp³-hybridized carbons (Fsp3) is 0.462. The zero-order valence-corrected chi connectivity index (χ0v) is 12.2. The van der Waals surface area contributed by atoms with Crippen LogP contribution in [-0.4, -0.2) is 50.6 Å². The number of nitrogens with zero attached hydrogens (tertiary/aromatic N) is 2. The van der Waals surface area contributed by atoms with Crippen LogP contribution in [0.3, 0.4) is 0 Å². The number of carbonyl (C=O) groups excluding carboxylic acids is 1. The Hall–Kier alpha value is -1.76. The maximum Gasteiger partial charge on any atom is 0.354 e. The number of rotatable bonds is 2. The van der Waals surface area contributed by atoms with Crippen LogP contribution >= 0.6 is 11.8 Å². The second kappa shape index (κ2) is 6.13. The van der Waals surface area contributed by atoms with Crippen molar-refractivity contribution < 1.29 is 14.7 Å². The number of hydrogen-bond acceptors (Lipinski definition) is 4. The number of pyridine rings is 1. The van der Waals surface area contributed by atoms with Crippen molar-refractivity contribution in [3.05, 3.63) is 24.0 Å². The average Bonchev–Trinajstić information content (AvgIpc) is 2.38. The maximum absolute atomic E-state index is 12.1. The molecule has 0 bridgehead atoms. The summed E-state index contributed by atoms with van der Waals surface area (Å²) in [6.45, 7) is 5.62. The summed E-state index contributed by atoms with van der Waals surface area (Å²) in [4.78, 5) is 28.4. The Bertz CT molecular complexity index is 496. The standard InChI is InChI=1S/C13H17N3O3S/c1-8-6-16(7-9(2)20-8)13(19)15-10-3-4-11(12(17)18)14-5-10/h3-5,8-9H,6-7H2,1-2H3,(H,15,19)(H,17,18). The van der Waals surface area contributed by atoms with E-state index in [1.54, 1.807) is 11.0 Å². The maximum atomic E-state index is 12.1. The van der Waals surface area contributed by atoms with E-state index in [9.17, 15) is 9.59 Å². The highest BCUT2D eigenvalue weighted by Crippen LogP contribution is 2.25. The predicted molar refractivity (Wildman–Crippen MR) is 78.3 cm³/mol. The smallest absolute Gasteiger partial charge is 0.354 e. The average molecular weight is 295 g/mol. The molecule has 0 aromatic carbocycles. The SMILES string of the molecule is CC1CN(C(=O)Nc2ccc(C(=O)O)nc2)CC(C)S1. The minimum absolute atomic E-state index is 0.0420. The van der Waals surface area contributed by atoms with Crippen LogP contribution in [0.4, 0.5) is 10.5 Å². The van der Waals surface area contributed by atoms with Gasteiger partial charge in [0.05, 0.1) is 11.9 Å². The monoisotopic (exact) mass is 295 g/mol. The topological polar surface area (TPSA) is 82.5 Å². The first kappa shape index (κ1) is 14.6. The highest BCUT2D eigenvalue weighted by atomic mass is 32.2. The molecular formula is C13H17N3O3S. The number of carbonyl (C=O) groups is 2. The molecule has 1 aliphatic rings. The number of urea groups is 1. The van der Waals surface area contributed by atoms with Crippen molar-refractivity contribution in [1.29, 1.82) is 0 Å². The van der Waals surface area contributed by atoms with Crippen molar-refractivity contribution in [3.8, 4) is 0 Å². The Morgan fingerprint density at radius 3 is 2.50 bits per heavy atom. The van der Waals surface area contributed by atoms with Crippen molar-refractivity contribution in [3.63, 3.8) is 0 Å². The van der Waals surface area contributed by atoms with E-state index in [4.69, 9.17) is 5.11 Å². The summed E-state index contributed by atoms with van der Waals surface area (Å²) in [5.74, 6) is -1.08. The van der Waals surface area contributed by atoms with Gasteiger partial charge in [-0.25, -0.2) is 14.6 Å². The lowest BCUT2D eigenvalue weighted by atomic mass is 10.3. The molecule has 2 heterocycles. The Labute approximate surface area is 121 Å². The number of aromatic carboxylic acids is 1. The molecule has 1 aromatic rings. The van der Waals surface area contributed by atoms with Crippen molar-refractivity contribution in [2.45, 2.75) is 24.3 Å². The third-order valence-electron chi connectivity index (χ3n) is 2.94. The van der Waals surface area contributed by atoms with Gasteiger partial charge in [0.25, 0.3) is 0 Å². The first-order chi connectivity index (χ1) is 9.45. The van der Waals surface area contributed by atoms with Gasteiger partial charge in [-0.2, -0.15) is 11.8 Å². The van der Waals surface area contributed by atoms with Crippen molar-refractivity contribution in [1.82, 2.24) is 9.88 Å². The van der Waals surface area contributed by atoms with Crippen LogP contribution in [0.25, 0.3) is 0 Å². The second-order valence-electron chi connectivity index (χ2n) is 4.83. The van der Waals surface area contributed by atoms with Crippen LogP contribution in [-0.2, 0) is 0 Å². The first-order valence-corrected chi connectivity index (χ1v) is 7.30. The number of thioether (sulfide) groups is 1. The van der Waals surface area contributed by atoms with Gasteiger partial charge >= 0.3 is 12.0 Å². The zero-order valence-electron chi connectivity index (χ0n) is 11.4. The number of nitrogens with one attached hydrogen (secondary N) is 1. The van der Waals surface area contributed by atoms with E-state index in [1.807, 2.05) is 11.8 Å². The molecule has 6 nitrogen and oxygen atoms in total. The first-order valence-electron chi connectivity index (χ1n) is 6.36. The molecule has 1 fully saturated rings. The van der Waals surface area contributed by atoms with Crippen molar-refractivity contribution in [2.24, 2.45) is 0 Å². The van der Waals surface area contributed by atoms with Gasteiger partial charge in [0.15, 0.2) is 0 Å². The van der Waals surface area contributed by atoms with Crippen molar-refractivity contribution >= 4 is 29.4 Å². The van der Waals surface area contributed by atoms with E-state index in [0.717, 1.165) is 0 Å². The summed E-state index contributed by atoms with van der Waals surface area (Å²) in [5, 5.41) is 12.3. The summed E-state index contributed by atoms with van der Waals surface area (Å²) in [6, 6.07) is 2.74. The molecule has 2 unspecified atom stereocenters. The van der Waals surface area contributed by atoms with E-state index in [-0.39, 0.29) is 11.7 Å². The van der Waals surface area contributed by atoms with Gasteiger partial charge < -0.3 is 15.3 Å². The minimum atomic E-state index is -1.08. The molecular weight excluding hydrogens is 278 g/mol. The van der Waals surface area contributed by atoms with Gasteiger partial charge in [-0.05, 0) is 12.1 Å². The van der Waals surface area contributed by atoms with Crippen LogP contribution in [0, 0.1) is 0 Å². The third kappa shape index (κ3) is 3.63. The van der Waals surface area contributed by atoms with Gasteiger partial charge in [0.1, 0.15) is 5.69 Å². The Morgan fingerprint density at radius 1 is 1.35 bits per heavy atom. The third-order valence-corrected chi connectivity index (χ3v) is 4.17. The molecule has 1 saturated heterocycles. The highest BCUT2D eigenvalue weighted by molar-refractivity contribution is 8.00. The van der Waals surface area contributed by atoms with E-state index >= 15 is 0 Å². The number of aromatic nitrogens is 1. The summed E-state index contributed by atoms with van der Waals surface area (Å²) in [6.07, 6.45) is 1.35. The summed E-state index contributed by atoms with van der Waals surface area (Å²) in [5.41, 5.74) is 0.457. The zero-order chi connectivity index (χ0) is 14.7. The molecule has 2 N–H and O–H groups in total. The normalized spacial score (nSPS) is 22.4. The highest BCUT2D eigenvalue weighted by Gasteiger charge is 2.25. The molecule has 7 heteroatoms. The quantitative estimate of drug-likeness (QED) is 0.873. The van der Waals surface area contributed by atoms with Gasteiger partial charge in [-0.15, -0.1) is 0 Å². The molecule has 2 amide bonds. The van der Waals surface area contributed by atoms with Crippen molar-refractivity contribution in [2.75, 3.05) is 18.4 Å². The number of carboxylic acids is 1. The lowest BCUT2D eigenvalue weighted by Gasteiger charge is -2.34. The van der Waals surface area contributed by atoms with Gasteiger partial charge in [0, 0.05) is 23.6 Å². The van der Waals surface area contributed by atoms with Crippen LogP contribution in [0.2, 0.25) is 0 Å². The number of hydrogen-bond donors (Lipinski definition) is 2. The van der Waals surface area contributed by atoms with E-state index in [0.29, 0.717) is 29.3 Å². The number of carboxylic acid groups (broad SMARTS) is 1. The van der Waals surface area contributed by atoms with Gasteiger partial charge in [-0.1, -0.05) is 13.8 Å². The fourth-order valence-corrected chi connectivity index (χ4v) is 3.47. The molecule has 0 radical (unpaired) electrons. The molecule has 20 heavy (non-hydrogen) atoms. The van der Waals surface area contributed by atoms with Crippen LogP contribution in [0.5, 0.6) is 0 Å². The van der Waals surface area contributed by atoms with Crippen LogP contribution < -0.4 is 5.32 Å². The minimum Gasteiger partial charge on any atom is -0.477 e. The molecule has 108 valence electrons. The molecule has 0 aliphatic carbocycles. The van der Waals surface area contributed by atoms with E-state index < -0.39 is 5.97 Å². The van der Waals surface area contributed by atoms with Crippen LogP contribution in [0.1, 0.15) is 24.3 Å². The summed E-state index contributed by atoms with van der Waals surface area (Å²) < 4.78 is 0. The van der Waals surface area contributed by atoms with E-state index in [1.165, 1.54) is 12.3 Å².